The number of nitro groups is 1. The van der Waals surface area contributed by atoms with Crippen molar-refractivity contribution in [3.05, 3.63) is 57.7 Å². The van der Waals surface area contributed by atoms with Gasteiger partial charge in [-0.05, 0) is 23.8 Å². The predicted molar refractivity (Wildman–Crippen MR) is 64.8 cm³/mol. The molecule has 0 amide bonds. The minimum absolute atomic E-state index is 0.339. The number of cyclic esters (lactones) is 1. The third kappa shape index (κ3) is 2.96. The Morgan fingerprint density at radius 3 is 2.58 bits per heavy atom. The summed E-state index contributed by atoms with van der Waals surface area (Å²) in [5.41, 5.74) is 1.14. The molecule has 0 aromatic heterocycles. The van der Waals surface area contributed by atoms with Crippen LogP contribution in [0.25, 0.3) is 0 Å². The number of nitrogens with zero attached hydrogens (tertiary/aromatic N) is 2. The van der Waals surface area contributed by atoms with Crippen LogP contribution in [0.2, 0.25) is 0 Å². The Morgan fingerprint density at radius 1 is 1.42 bits per heavy atom. The van der Waals surface area contributed by atoms with Gasteiger partial charge in [0.15, 0.2) is 0 Å². The molecule has 6 heteroatoms. The first-order valence-corrected chi connectivity index (χ1v) is 5.61. The van der Waals surface area contributed by atoms with Crippen LogP contribution in [0.3, 0.4) is 0 Å². The zero-order chi connectivity index (χ0) is 13.8. The van der Waals surface area contributed by atoms with Crippen LogP contribution < -0.4 is 0 Å². The van der Waals surface area contributed by atoms with E-state index in [4.69, 9.17) is 10.00 Å². The van der Waals surface area contributed by atoms with Crippen molar-refractivity contribution in [3.63, 3.8) is 0 Å². The van der Waals surface area contributed by atoms with Gasteiger partial charge >= 0.3 is 5.97 Å². The highest BCUT2D eigenvalue weighted by Gasteiger charge is 2.31. The summed E-state index contributed by atoms with van der Waals surface area (Å²) in [7, 11) is 0. The van der Waals surface area contributed by atoms with Gasteiger partial charge in [-0.25, -0.2) is 4.79 Å². The summed E-state index contributed by atoms with van der Waals surface area (Å²) in [5.74, 6) is -1.04. The minimum Gasteiger partial charge on any atom is -0.454 e. The SMILES string of the molecule is N#Cc1ccc([C@H](C[N+](=O)[O-])[C@@H]2C=CC(=O)O2)cc1. The number of benzene rings is 1. The molecule has 6 nitrogen and oxygen atoms in total. The van der Waals surface area contributed by atoms with Gasteiger partial charge in [0, 0.05) is 11.0 Å². The number of esters is 1. The van der Waals surface area contributed by atoms with Crippen LogP contribution in [-0.4, -0.2) is 23.5 Å². The van der Waals surface area contributed by atoms with E-state index >= 15 is 0 Å². The summed E-state index contributed by atoms with van der Waals surface area (Å²) < 4.78 is 5.02. The van der Waals surface area contributed by atoms with Gasteiger partial charge in [-0.2, -0.15) is 5.26 Å². The molecule has 0 saturated heterocycles. The first-order valence-electron chi connectivity index (χ1n) is 5.61. The predicted octanol–water partition coefficient (Wildman–Crippen LogP) is 1.40. The van der Waals surface area contributed by atoms with Gasteiger partial charge in [-0.15, -0.1) is 0 Å². The molecular formula is C13H10N2O4. The number of carbonyl (C=O) groups excluding carboxylic acids is 1. The fourth-order valence-corrected chi connectivity index (χ4v) is 1.97. The van der Waals surface area contributed by atoms with Crippen LogP contribution in [0, 0.1) is 21.4 Å². The molecule has 0 N–H and O–H groups in total. The van der Waals surface area contributed by atoms with E-state index in [2.05, 4.69) is 0 Å². The monoisotopic (exact) mass is 258 g/mol. The molecule has 1 aliphatic rings. The Morgan fingerprint density at radius 2 is 2.11 bits per heavy atom. The third-order valence-corrected chi connectivity index (χ3v) is 2.88. The average Bonchev–Trinajstić information content (AvgIpc) is 2.82. The Balaban J connectivity index is 2.26. The summed E-state index contributed by atoms with van der Waals surface area (Å²) in [6.07, 6.45) is 2.15. The number of hydrogen-bond donors (Lipinski definition) is 0. The quantitative estimate of drug-likeness (QED) is 0.462. The van der Waals surface area contributed by atoms with Gasteiger partial charge in [0.25, 0.3) is 0 Å². The van der Waals surface area contributed by atoms with Crippen molar-refractivity contribution in [3.8, 4) is 6.07 Å². The van der Waals surface area contributed by atoms with Crippen LogP contribution >= 0.6 is 0 Å². The highest BCUT2D eigenvalue weighted by molar-refractivity contribution is 5.84. The van der Waals surface area contributed by atoms with Crippen molar-refractivity contribution in [1.82, 2.24) is 0 Å². The molecule has 0 radical (unpaired) electrons. The Labute approximate surface area is 109 Å². The average molecular weight is 258 g/mol. The van der Waals surface area contributed by atoms with E-state index in [9.17, 15) is 14.9 Å². The Hall–Kier alpha value is -2.68. The zero-order valence-corrected chi connectivity index (χ0v) is 9.85. The second-order valence-corrected chi connectivity index (χ2v) is 4.12. The van der Waals surface area contributed by atoms with Gasteiger partial charge in [-0.3, -0.25) is 10.1 Å². The summed E-state index contributed by atoms with van der Waals surface area (Å²) in [4.78, 5) is 21.3. The summed E-state index contributed by atoms with van der Waals surface area (Å²) in [6.45, 7) is -0.339. The molecule has 1 aromatic rings. The maximum atomic E-state index is 11.1. The van der Waals surface area contributed by atoms with E-state index in [0.717, 1.165) is 0 Å². The lowest BCUT2D eigenvalue weighted by molar-refractivity contribution is -0.484. The first-order chi connectivity index (χ1) is 9.10. The van der Waals surface area contributed by atoms with Crippen molar-refractivity contribution in [1.29, 1.82) is 5.26 Å². The number of hydrogen-bond acceptors (Lipinski definition) is 5. The number of ether oxygens (including phenoxy) is 1. The smallest absolute Gasteiger partial charge is 0.331 e. The van der Waals surface area contributed by atoms with E-state index in [1.54, 1.807) is 24.3 Å². The highest BCUT2D eigenvalue weighted by Crippen LogP contribution is 2.26. The van der Waals surface area contributed by atoms with Gasteiger partial charge in [0.2, 0.25) is 6.54 Å². The van der Waals surface area contributed by atoms with Crippen LogP contribution in [0.4, 0.5) is 0 Å². The standard InChI is InChI=1S/C13H10N2O4/c14-7-9-1-3-10(4-2-9)11(8-15(17)18)12-5-6-13(16)19-12/h1-6,11-12H,8H2/t11-,12-/m0/s1. The first kappa shape index (κ1) is 12.8. The molecule has 1 aliphatic heterocycles. The lowest BCUT2D eigenvalue weighted by Gasteiger charge is -2.18. The fraction of sp³-hybridized carbons (Fsp3) is 0.231. The number of rotatable bonds is 4. The topological polar surface area (TPSA) is 93.2 Å². The molecular weight excluding hydrogens is 248 g/mol. The van der Waals surface area contributed by atoms with Crippen LogP contribution in [-0.2, 0) is 9.53 Å². The molecule has 19 heavy (non-hydrogen) atoms. The molecule has 96 valence electrons. The highest BCUT2D eigenvalue weighted by atomic mass is 16.6. The fourth-order valence-electron chi connectivity index (χ4n) is 1.97. The lowest BCUT2D eigenvalue weighted by Crippen LogP contribution is -2.25. The van der Waals surface area contributed by atoms with Gasteiger partial charge in [0.05, 0.1) is 17.6 Å². The molecule has 2 atom stereocenters. The largest absolute Gasteiger partial charge is 0.454 e. The molecule has 1 aromatic carbocycles. The molecule has 0 aliphatic carbocycles. The van der Waals surface area contributed by atoms with E-state index in [1.165, 1.54) is 12.2 Å². The van der Waals surface area contributed by atoms with Crippen molar-refractivity contribution in [2.75, 3.05) is 6.54 Å². The van der Waals surface area contributed by atoms with E-state index < -0.39 is 22.9 Å². The maximum Gasteiger partial charge on any atom is 0.331 e. The number of carbonyl (C=O) groups is 1. The van der Waals surface area contributed by atoms with E-state index in [1.807, 2.05) is 6.07 Å². The van der Waals surface area contributed by atoms with Crippen molar-refractivity contribution < 1.29 is 14.5 Å². The van der Waals surface area contributed by atoms with Crippen LogP contribution in [0.15, 0.2) is 36.4 Å². The number of nitriles is 1. The molecule has 0 saturated carbocycles. The second kappa shape index (κ2) is 5.31. The third-order valence-electron chi connectivity index (χ3n) is 2.88. The van der Waals surface area contributed by atoms with E-state index in [-0.39, 0.29) is 6.54 Å². The van der Waals surface area contributed by atoms with Gasteiger partial charge < -0.3 is 4.74 Å². The lowest BCUT2D eigenvalue weighted by atomic mass is 9.93. The van der Waals surface area contributed by atoms with Crippen LogP contribution in [0.5, 0.6) is 0 Å². The van der Waals surface area contributed by atoms with Crippen molar-refractivity contribution >= 4 is 5.97 Å². The Bertz CT molecular complexity index is 571. The van der Waals surface area contributed by atoms with Gasteiger partial charge in [-0.1, -0.05) is 12.1 Å². The molecule has 0 fully saturated rings. The molecule has 0 unspecified atom stereocenters. The molecule has 0 spiro atoms. The molecule has 0 bridgehead atoms. The van der Waals surface area contributed by atoms with Gasteiger partial charge in [0.1, 0.15) is 6.10 Å². The van der Waals surface area contributed by atoms with Crippen LogP contribution in [0.1, 0.15) is 17.0 Å². The molecule has 1 heterocycles. The van der Waals surface area contributed by atoms with Crippen molar-refractivity contribution in [2.24, 2.45) is 0 Å². The zero-order valence-electron chi connectivity index (χ0n) is 9.85. The molecule has 2 rings (SSSR count). The van der Waals surface area contributed by atoms with Crippen molar-refractivity contribution in [2.45, 2.75) is 12.0 Å². The minimum atomic E-state index is -0.633. The normalized spacial score (nSPS) is 18.7. The van der Waals surface area contributed by atoms with E-state index in [0.29, 0.717) is 11.1 Å². The second-order valence-electron chi connectivity index (χ2n) is 4.12. The summed E-state index contributed by atoms with van der Waals surface area (Å²) >= 11 is 0. The maximum absolute atomic E-state index is 11.1. The summed E-state index contributed by atoms with van der Waals surface area (Å²) in [5, 5.41) is 19.5. The summed E-state index contributed by atoms with van der Waals surface area (Å²) in [6, 6.07) is 8.44. The Kier molecular flexibility index (Phi) is 3.57.